The Morgan fingerprint density at radius 1 is 1.12 bits per heavy atom. The van der Waals surface area contributed by atoms with Crippen molar-refractivity contribution in [2.75, 3.05) is 0 Å². The summed E-state index contributed by atoms with van der Waals surface area (Å²) in [5, 5.41) is 3.23. The van der Waals surface area contributed by atoms with Gasteiger partial charge in [-0.1, -0.05) is 74.7 Å². The zero-order chi connectivity index (χ0) is 23.5. The average molecular weight is 433 g/mol. The Bertz CT molecular complexity index is 1020. The smallest absolute Gasteiger partial charge is 0.250 e. The van der Waals surface area contributed by atoms with Crippen molar-refractivity contribution in [3.05, 3.63) is 95.7 Å². The number of hydrogen-bond acceptors (Lipinski definition) is 1. The molecule has 2 atom stereocenters. The first-order valence-electron chi connectivity index (χ1n) is 11.4. The van der Waals surface area contributed by atoms with Crippen molar-refractivity contribution >= 4 is 18.4 Å². The molecule has 1 nitrogen and oxygen atoms in total. The van der Waals surface area contributed by atoms with Crippen molar-refractivity contribution in [3.63, 3.8) is 0 Å². The minimum Gasteiger partial charge on any atom is -0.393 e. The molecular weight excluding hydrogens is 399 g/mol. The maximum atomic E-state index is 13.3. The zero-order valence-electron chi connectivity index (χ0n) is 19.6. The first kappa shape index (κ1) is 24.0. The number of nitrogens with one attached hydrogen (secondary N) is 1. The third-order valence-corrected chi connectivity index (χ3v) is 6.30. The van der Waals surface area contributed by atoms with Crippen LogP contribution in [0.1, 0.15) is 67.3 Å². The highest BCUT2D eigenvalue weighted by molar-refractivity contribution is 6.38. The molecule has 1 aliphatic heterocycles. The molecule has 2 aromatic rings. The molecule has 0 amide bonds. The fraction of sp³-hybridized carbons (Fsp3) is 0.357. The molecule has 168 valence electrons. The van der Waals surface area contributed by atoms with Crippen LogP contribution in [0.3, 0.4) is 0 Å². The normalized spacial score (nSPS) is 16.5. The standard InChI is InChI=1S/C28H34BF2N/c1-18(2)23-11-7-8-12-24(23)19(3)14-20(4)25-13-9-10-22-15-27(29-17-26(22)25)32-21(5)16-28(6,30)31/h7-13,19,27,29,32H,1,4-5,14-17H2,2-3,6H3. The molecule has 2 unspecified atom stereocenters. The summed E-state index contributed by atoms with van der Waals surface area (Å²) in [6, 6.07) is 14.9. The van der Waals surface area contributed by atoms with E-state index in [2.05, 4.69) is 81.4 Å². The van der Waals surface area contributed by atoms with Crippen LogP contribution >= 0.6 is 0 Å². The van der Waals surface area contributed by atoms with Gasteiger partial charge in [0.25, 0.3) is 5.92 Å². The van der Waals surface area contributed by atoms with Gasteiger partial charge >= 0.3 is 0 Å². The monoisotopic (exact) mass is 433 g/mol. The number of halogens is 2. The Morgan fingerprint density at radius 2 is 1.81 bits per heavy atom. The third kappa shape index (κ3) is 6.00. The lowest BCUT2D eigenvalue weighted by atomic mass is 9.57. The van der Waals surface area contributed by atoms with Gasteiger partial charge in [0.15, 0.2) is 7.28 Å². The summed E-state index contributed by atoms with van der Waals surface area (Å²) in [7, 11) is 0.902. The highest BCUT2D eigenvalue weighted by Gasteiger charge is 2.26. The molecule has 1 N–H and O–H groups in total. The second-order valence-electron chi connectivity index (χ2n) is 9.45. The van der Waals surface area contributed by atoms with Gasteiger partial charge in [0, 0.05) is 11.6 Å². The second kappa shape index (κ2) is 9.89. The van der Waals surface area contributed by atoms with Crippen molar-refractivity contribution in [3.8, 4) is 0 Å². The summed E-state index contributed by atoms with van der Waals surface area (Å²) >= 11 is 0. The van der Waals surface area contributed by atoms with Gasteiger partial charge in [-0.3, -0.25) is 0 Å². The Labute approximate surface area is 192 Å². The van der Waals surface area contributed by atoms with Gasteiger partial charge in [0.05, 0.1) is 6.42 Å². The summed E-state index contributed by atoms with van der Waals surface area (Å²) < 4.78 is 26.6. The van der Waals surface area contributed by atoms with Gasteiger partial charge in [-0.25, -0.2) is 8.78 Å². The van der Waals surface area contributed by atoms with E-state index in [9.17, 15) is 8.78 Å². The molecule has 0 saturated heterocycles. The van der Waals surface area contributed by atoms with Gasteiger partial charge in [-0.15, -0.1) is 0 Å². The molecular formula is C28H34BF2N. The van der Waals surface area contributed by atoms with E-state index in [4.69, 9.17) is 0 Å². The lowest BCUT2D eigenvalue weighted by molar-refractivity contribution is 0.0211. The van der Waals surface area contributed by atoms with Crippen LogP contribution in [0.2, 0.25) is 0 Å². The number of hydrogen-bond donors (Lipinski definition) is 1. The van der Waals surface area contributed by atoms with Crippen LogP contribution in [-0.2, 0) is 12.7 Å². The number of benzene rings is 2. The van der Waals surface area contributed by atoms with Gasteiger partial charge in [-0.2, -0.15) is 0 Å². The van der Waals surface area contributed by atoms with Crippen molar-refractivity contribution < 1.29 is 8.78 Å². The van der Waals surface area contributed by atoms with E-state index in [0.29, 0.717) is 11.6 Å². The van der Waals surface area contributed by atoms with Crippen LogP contribution in [0.15, 0.2) is 67.9 Å². The fourth-order valence-corrected chi connectivity index (χ4v) is 4.88. The molecule has 0 fully saturated rings. The number of allylic oxidation sites excluding steroid dienone is 3. The molecule has 32 heavy (non-hydrogen) atoms. The van der Waals surface area contributed by atoms with E-state index in [0.717, 1.165) is 44.5 Å². The maximum absolute atomic E-state index is 13.3. The van der Waals surface area contributed by atoms with E-state index < -0.39 is 5.92 Å². The van der Waals surface area contributed by atoms with E-state index in [1.165, 1.54) is 27.8 Å². The van der Waals surface area contributed by atoms with Crippen LogP contribution < -0.4 is 5.32 Å². The zero-order valence-corrected chi connectivity index (χ0v) is 19.6. The Kier molecular flexibility index (Phi) is 7.43. The van der Waals surface area contributed by atoms with Crippen LogP contribution in [0.25, 0.3) is 11.1 Å². The summed E-state index contributed by atoms with van der Waals surface area (Å²) in [6.45, 7) is 17.6. The predicted molar refractivity (Wildman–Crippen MR) is 136 cm³/mol. The molecule has 1 heterocycles. The van der Waals surface area contributed by atoms with Gasteiger partial charge in [-0.05, 0) is 72.3 Å². The Morgan fingerprint density at radius 3 is 2.50 bits per heavy atom. The molecule has 0 bridgehead atoms. The second-order valence-corrected chi connectivity index (χ2v) is 9.45. The summed E-state index contributed by atoms with van der Waals surface area (Å²) in [5.41, 5.74) is 9.02. The van der Waals surface area contributed by atoms with Crippen molar-refractivity contribution in [2.24, 2.45) is 0 Å². The molecule has 3 rings (SSSR count). The molecule has 4 heteroatoms. The molecule has 0 aliphatic carbocycles. The van der Waals surface area contributed by atoms with Crippen LogP contribution in [0.4, 0.5) is 8.78 Å². The molecule has 0 radical (unpaired) electrons. The number of fused-ring (bicyclic) bond motifs is 1. The first-order chi connectivity index (χ1) is 15.0. The number of rotatable bonds is 9. The van der Waals surface area contributed by atoms with E-state index in [1.54, 1.807) is 0 Å². The minimum absolute atomic E-state index is 0.141. The van der Waals surface area contributed by atoms with E-state index in [-0.39, 0.29) is 12.4 Å². The number of alkyl halides is 2. The Balaban J connectivity index is 1.72. The van der Waals surface area contributed by atoms with Crippen molar-refractivity contribution in [2.45, 2.75) is 64.1 Å². The highest BCUT2D eigenvalue weighted by Crippen LogP contribution is 2.35. The van der Waals surface area contributed by atoms with Gasteiger partial charge in [0.2, 0.25) is 0 Å². The first-order valence-corrected chi connectivity index (χ1v) is 11.4. The van der Waals surface area contributed by atoms with E-state index in [1.807, 2.05) is 0 Å². The summed E-state index contributed by atoms with van der Waals surface area (Å²) in [5.74, 6) is -2.26. The fourth-order valence-electron chi connectivity index (χ4n) is 4.88. The van der Waals surface area contributed by atoms with Gasteiger partial charge in [0.1, 0.15) is 0 Å². The van der Waals surface area contributed by atoms with Crippen molar-refractivity contribution in [1.82, 2.24) is 5.32 Å². The maximum Gasteiger partial charge on any atom is 0.250 e. The molecule has 0 spiro atoms. The lowest BCUT2D eigenvalue weighted by Crippen LogP contribution is -2.41. The average Bonchev–Trinajstić information content (AvgIpc) is 2.71. The predicted octanol–water partition coefficient (Wildman–Crippen LogP) is 6.89. The van der Waals surface area contributed by atoms with Crippen LogP contribution in [0, 0.1) is 0 Å². The minimum atomic E-state index is -2.74. The largest absolute Gasteiger partial charge is 0.393 e. The topological polar surface area (TPSA) is 12.0 Å². The van der Waals surface area contributed by atoms with Crippen LogP contribution in [-0.4, -0.2) is 19.1 Å². The summed E-state index contributed by atoms with van der Waals surface area (Å²) in [4.78, 5) is 0. The quantitative estimate of drug-likeness (QED) is 0.425. The molecule has 0 saturated carbocycles. The van der Waals surface area contributed by atoms with E-state index >= 15 is 0 Å². The molecule has 1 aliphatic rings. The SMILES string of the molecule is C=C(CC(C)(F)F)NC1BCc2c(cccc2C(=C)CC(C)c2ccccc2C(=C)C)C1. The molecule has 0 aromatic heterocycles. The third-order valence-electron chi connectivity index (χ3n) is 6.30. The Hall–Kier alpha value is -2.62. The molecule has 2 aromatic carbocycles. The van der Waals surface area contributed by atoms with Crippen molar-refractivity contribution in [1.29, 1.82) is 0 Å². The van der Waals surface area contributed by atoms with Gasteiger partial charge < -0.3 is 5.32 Å². The summed E-state index contributed by atoms with van der Waals surface area (Å²) in [6.07, 6.45) is 2.29. The highest BCUT2D eigenvalue weighted by atomic mass is 19.3. The van der Waals surface area contributed by atoms with Crippen LogP contribution in [0.5, 0.6) is 0 Å². The lowest BCUT2D eigenvalue weighted by Gasteiger charge is -2.29.